The maximum atomic E-state index is 13.9. The SMILES string of the molecule is CC(=N)N(CCC[C@H](NC(=O)OCc1ccccc1)C(=O)N[C@@H](CCCCNC(=O)OCc1ccccc1)C(=O)OCc1ccccc1)C(=O)OCc1ccccc1. The van der Waals surface area contributed by atoms with Crippen LogP contribution in [0.4, 0.5) is 14.4 Å². The minimum absolute atomic E-state index is 0.0107. The van der Waals surface area contributed by atoms with Gasteiger partial charge in [-0.1, -0.05) is 121 Å². The van der Waals surface area contributed by atoms with Gasteiger partial charge in [-0.15, -0.1) is 0 Å². The van der Waals surface area contributed by atoms with Crippen LogP contribution in [-0.4, -0.2) is 66.1 Å². The number of nitrogens with zero attached hydrogens (tertiary/aromatic N) is 1. The van der Waals surface area contributed by atoms with Crippen molar-refractivity contribution in [3.63, 3.8) is 0 Å². The van der Waals surface area contributed by atoms with Crippen LogP contribution in [-0.2, 0) is 55.0 Å². The summed E-state index contributed by atoms with van der Waals surface area (Å²) < 4.78 is 21.7. The summed E-state index contributed by atoms with van der Waals surface area (Å²) in [6, 6.07) is 34.2. The number of hydrogen-bond donors (Lipinski definition) is 4. The zero-order valence-electron chi connectivity index (χ0n) is 32.6. The van der Waals surface area contributed by atoms with E-state index >= 15 is 0 Å². The summed E-state index contributed by atoms with van der Waals surface area (Å²) in [5.74, 6) is -1.41. The van der Waals surface area contributed by atoms with E-state index in [1.807, 2.05) is 84.9 Å². The van der Waals surface area contributed by atoms with Gasteiger partial charge >= 0.3 is 24.2 Å². The van der Waals surface area contributed by atoms with E-state index in [0.717, 1.165) is 27.2 Å². The van der Waals surface area contributed by atoms with Crippen LogP contribution in [0.25, 0.3) is 0 Å². The molecule has 0 spiro atoms. The van der Waals surface area contributed by atoms with Gasteiger partial charge in [0.1, 0.15) is 44.3 Å². The van der Waals surface area contributed by atoms with Crippen LogP contribution in [0.1, 0.15) is 61.3 Å². The highest BCUT2D eigenvalue weighted by atomic mass is 16.6. The monoisotopic (exact) mass is 793 g/mol. The van der Waals surface area contributed by atoms with Crippen molar-refractivity contribution in [2.45, 2.75) is 77.5 Å². The average molecular weight is 794 g/mol. The summed E-state index contributed by atoms with van der Waals surface area (Å²) in [4.78, 5) is 66.6. The number of amidine groups is 1. The fourth-order valence-corrected chi connectivity index (χ4v) is 5.61. The third-order valence-corrected chi connectivity index (χ3v) is 8.75. The molecule has 4 N–H and O–H groups in total. The first-order chi connectivity index (χ1) is 28.2. The number of carbonyl (C=O) groups is 5. The van der Waals surface area contributed by atoms with Crippen molar-refractivity contribution in [1.82, 2.24) is 20.9 Å². The number of rotatable bonds is 21. The molecule has 4 amide bonds. The van der Waals surface area contributed by atoms with Crippen molar-refractivity contribution >= 4 is 36.0 Å². The van der Waals surface area contributed by atoms with Crippen molar-refractivity contribution in [2.24, 2.45) is 0 Å². The second kappa shape index (κ2) is 24.7. The second-order valence-electron chi connectivity index (χ2n) is 13.3. The quantitative estimate of drug-likeness (QED) is 0.0226. The van der Waals surface area contributed by atoms with Crippen molar-refractivity contribution in [3.8, 4) is 0 Å². The van der Waals surface area contributed by atoms with Crippen molar-refractivity contribution in [1.29, 1.82) is 5.41 Å². The third-order valence-electron chi connectivity index (χ3n) is 8.75. The van der Waals surface area contributed by atoms with E-state index in [9.17, 15) is 24.0 Å². The van der Waals surface area contributed by atoms with Crippen LogP contribution in [0.15, 0.2) is 121 Å². The zero-order chi connectivity index (χ0) is 41.4. The largest absolute Gasteiger partial charge is 0.459 e. The van der Waals surface area contributed by atoms with Gasteiger partial charge in [0.05, 0.1) is 0 Å². The van der Waals surface area contributed by atoms with E-state index in [2.05, 4.69) is 16.0 Å². The Kier molecular flexibility index (Phi) is 18.8. The maximum absolute atomic E-state index is 13.9. The van der Waals surface area contributed by atoms with Gasteiger partial charge in [0, 0.05) is 13.1 Å². The van der Waals surface area contributed by atoms with Gasteiger partial charge < -0.3 is 34.9 Å². The van der Waals surface area contributed by atoms with Gasteiger partial charge in [0.2, 0.25) is 5.91 Å². The minimum atomic E-state index is -1.19. The molecular weight excluding hydrogens is 743 g/mol. The van der Waals surface area contributed by atoms with E-state index < -0.39 is 42.2 Å². The number of alkyl carbamates (subject to hydrolysis) is 2. The molecule has 0 aliphatic rings. The van der Waals surface area contributed by atoms with Gasteiger partial charge in [-0.05, 0) is 61.3 Å². The number of esters is 1. The normalized spacial score (nSPS) is 11.5. The van der Waals surface area contributed by atoms with Crippen LogP contribution in [0.2, 0.25) is 0 Å². The van der Waals surface area contributed by atoms with E-state index in [1.54, 1.807) is 36.4 Å². The molecule has 306 valence electrons. The predicted molar refractivity (Wildman–Crippen MR) is 216 cm³/mol. The zero-order valence-corrected chi connectivity index (χ0v) is 32.6. The lowest BCUT2D eigenvalue weighted by Gasteiger charge is -2.24. The van der Waals surface area contributed by atoms with Crippen LogP contribution in [0, 0.1) is 5.41 Å². The number of ether oxygens (including phenoxy) is 4. The average Bonchev–Trinajstić information content (AvgIpc) is 3.25. The minimum Gasteiger partial charge on any atom is -0.459 e. The fourth-order valence-electron chi connectivity index (χ4n) is 5.61. The molecule has 0 bridgehead atoms. The Morgan fingerprint density at radius 1 is 0.552 bits per heavy atom. The Hall–Kier alpha value is -6.70. The summed E-state index contributed by atoms with van der Waals surface area (Å²) in [6.45, 7) is 1.80. The molecule has 4 aromatic carbocycles. The Balaban J connectivity index is 1.38. The Morgan fingerprint density at radius 3 is 1.50 bits per heavy atom. The lowest BCUT2D eigenvalue weighted by atomic mass is 10.1. The van der Waals surface area contributed by atoms with Crippen LogP contribution >= 0.6 is 0 Å². The lowest BCUT2D eigenvalue weighted by Crippen LogP contribution is -2.52. The van der Waals surface area contributed by atoms with Gasteiger partial charge in [0.25, 0.3) is 0 Å². The molecule has 0 aromatic heterocycles. The van der Waals surface area contributed by atoms with E-state index in [-0.39, 0.29) is 64.6 Å². The topological polar surface area (TPSA) is 185 Å². The standard InChI is InChI=1S/C44H51N5O9/c1-33(45)49(44(54)58-32-37-23-12-5-13-24-37)28-16-26-38(48-43(53)57-31-36-21-10-4-11-22-36)40(50)47-39(41(51)55-29-34-17-6-2-7-18-34)25-14-15-27-46-42(52)56-30-35-19-8-3-9-20-35/h2-13,17-24,38-39,45H,14-16,25-32H2,1H3,(H,46,52)(H,47,50)(H,48,53)/t38-,39-/m0/s1. The number of benzene rings is 4. The number of carbonyl (C=O) groups excluding carboxylic acids is 5. The summed E-state index contributed by atoms with van der Waals surface area (Å²) in [6.07, 6.45) is -0.936. The van der Waals surface area contributed by atoms with Crippen LogP contribution in [0.5, 0.6) is 0 Å². The van der Waals surface area contributed by atoms with Gasteiger partial charge in [-0.3, -0.25) is 15.1 Å². The molecule has 4 rings (SSSR count). The van der Waals surface area contributed by atoms with Gasteiger partial charge in [-0.2, -0.15) is 0 Å². The smallest absolute Gasteiger partial charge is 0.415 e. The lowest BCUT2D eigenvalue weighted by molar-refractivity contribution is -0.149. The molecule has 0 saturated heterocycles. The van der Waals surface area contributed by atoms with Gasteiger partial charge in [-0.25, -0.2) is 19.2 Å². The summed E-state index contributed by atoms with van der Waals surface area (Å²) in [5, 5.41) is 16.2. The van der Waals surface area contributed by atoms with Gasteiger partial charge in [0.15, 0.2) is 0 Å². The molecular formula is C44H51N5O9. The molecule has 14 nitrogen and oxygen atoms in total. The Morgan fingerprint density at radius 2 is 1.00 bits per heavy atom. The predicted octanol–water partition coefficient (Wildman–Crippen LogP) is 7.02. The fraction of sp³-hybridized carbons (Fsp3) is 0.318. The number of unbranched alkanes of at least 4 members (excludes halogenated alkanes) is 1. The molecule has 0 saturated carbocycles. The molecule has 0 aliphatic heterocycles. The molecule has 0 heterocycles. The molecule has 2 atom stereocenters. The maximum Gasteiger partial charge on any atom is 0.415 e. The molecule has 0 unspecified atom stereocenters. The van der Waals surface area contributed by atoms with Crippen LogP contribution in [0.3, 0.4) is 0 Å². The molecule has 58 heavy (non-hydrogen) atoms. The van der Waals surface area contributed by atoms with E-state index in [4.69, 9.17) is 24.4 Å². The highest BCUT2D eigenvalue weighted by Gasteiger charge is 2.29. The number of hydrogen-bond acceptors (Lipinski definition) is 10. The van der Waals surface area contributed by atoms with E-state index in [1.165, 1.54) is 6.92 Å². The van der Waals surface area contributed by atoms with E-state index in [0.29, 0.717) is 12.8 Å². The number of nitrogens with one attached hydrogen (secondary N) is 4. The molecule has 0 fully saturated rings. The molecule has 4 aromatic rings. The molecule has 14 heteroatoms. The number of amides is 4. The summed E-state index contributed by atoms with van der Waals surface area (Å²) >= 11 is 0. The highest BCUT2D eigenvalue weighted by Crippen LogP contribution is 2.11. The molecule has 0 radical (unpaired) electrons. The first-order valence-corrected chi connectivity index (χ1v) is 19.1. The summed E-state index contributed by atoms with van der Waals surface area (Å²) in [7, 11) is 0. The highest BCUT2D eigenvalue weighted by molar-refractivity contribution is 5.92. The Labute approximate surface area is 338 Å². The van der Waals surface area contributed by atoms with Crippen molar-refractivity contribution in [3.05, 3.63) is 144 Å². The van der Waals surface area contributed by atoms with Crippen molar-refractivity contribution in [2.75, 3.05) is 13.1 Å². The third kappa shape index (κ3) is 16.6. The first kappa shape index (κ1) is 44.0. The second-order valence-corrected chi connectivity index (χ2v) is 13.3. The Bertz CT molecular complexity index is 1880. The first-order valence-electron chi connectivity index (χ1n) is 19.1. The summed E-state index contributed by atoms with van der Waals surface area (Å²) in [5.41, 5.74) is 3.13. The van der Waals surface area contributed by atoms with Crippen molar-refractivity contribution < 1.29 is 42.9 Å². The van der Waals surface area contributed by atoms with Crippen LogP contribution < -0.4 is 16.0 Å². The molecule has 0 aliphatic carbocycles.